The number of carbonyl (C=O) groups is 1. The second-order valence-electron chi connectivity index (χ2n) is 5.27. The van der Waals surface area contributed by atoms with Gasteiger partial charge in [-0.1, -0.05) is 24.3 Å². The number of benzene rings is 2. The zero-order valence-electron chi connectivity index (χ0n) is 11.6. The average molecular weight is 284 g/mol. The van der Waals surface area contributed by atoms with Crippen LogP contribution < -0.4 is 10.6 Å². The fourth-order valence-corrected chi connectivity index (χ4v) is 2.11. The third-order valence-corrected chi connectivity index (χ3v) is 3.48. The summed E-state index contributed by atoms with van der Waals surface area (Å²) in [7, 11) is 0. The van der Waals surface area contributed by atoms with Gasteiger partial charge in [-0.05, 0) is 37.1 Å². The van der Waals surface area contributed by atoms with Crippen molar-refractivity contribution in [1.29, 1.82) is 0 Å². The van der Waals surface area contributed by atoms with Crippen LogP contribution in [0.4, 0.5) is 10.1 Å². The normalized spacial score (nSPS) is 13.8. The van der Waals surface area contributed by atoms with E-state index in [9.17, 15) is 9.18 Å². The second kappa shape index (κ2) is 5.95. The Morgan fingerprint density at radius 1 is 1.14 bits per heavy atom. The number of amides is 1. The van der Waals surface area contributed by atoms with Crippen LogP contribution in [0.3, 0.4) is 0 Å². The van der Waals surface area contributed by atoms with Crippen LogP contribution in [-0.4, -0.2) is 11.9 Å². The molecule has 3 rings (SSSR count). The smallest absolute Gasteiger partial charge is 0.251 e. The van der Waals surface area contributed by atoms with Crippen molar-refractivity contribution in [2.24, 2.45) is 0 Å². The van der Waals surface area contributed by atoms with Crippen LogP contribution in [0, 0.1) is 5.82 Å². The van der Waals surface area contributed by atoms with Crippen molar-refractivity contribution in [3.63, 3.8) is 0 Å². The monoisotopic (exact) mass is 284 g/mol. The first-order valence-corrected chi connectivity index (χ1v) is 7.10. The van der Waals surface area contributed by atoms with Gasteiger partial charge in [-0.3, -0.25) is 4.79 Å². The summed E-state index contributed by atoms with van der Waals surface area (Å²) in [5.74, 6) is -0.278. The van der Waals surface area contributed by atoms with Gasteiger partial charge in [0, 0.05) is 29.4 Å². The van der Waals surface area contributed by atoms with Gasteiger partial charge in [0.25, 0.3) is 5.91 Å². The van der Waals surface area contributed by atoms with Gasteiger partial charge in [-0.2, -0.15) is 0 Å². The largest absolute Gasteiger partial charge is 0.381 e. The lowest BCUT2D eigenvalue weighted by Crippen LogP contribution is -2.25. The molecular formula is C17H17FN2O. The predicted octanol–water partition coefficient (Wildman–Crippen LogP) is 3.33. The quantitative estimate of drug-likeness (QED) is 0.884. The van der Waals surface area contributed by atoms with E-state index in [1.165, 1.54) is 6.07 Å². The Kier molecular flexibility index (Phi) is 3.86. The van der Waals surface area contributed by atoms with E-state index in [0.29, 0.717) is 23.7 Å². The molecule has 0 saturated heterocycles. The number of anilines is 1. The predicted molar refractivity (Wildman–Crippen MR) is 80.7 cm³/mol. The fraction of sp³-hybridized carbons (Fsp3) is 0.235. The van der Waals surface area contributed by atoms with Crippen LogP contribution in [0.5, 0.6) is 0 Å². The van der Waals surface area contributed by atoms with Crippen LogP contribution in [0.2, 0.25) is 0 Å². The highest BCUT2D eigenvalue weighted by Crippen LogP contribution is 2.20. The van der Waals surface area contributed by atoms with E-state index in [2.05, 4.69) is 10.6 Å². The third-order valence-electron chi connectivity index (χ3n) is 3.48. The molecule has 0 atom stereocenters. The molecule has 1 aliphatic rings. The van der Waals surface area contributed by atoms with Crippen LogP contribution >= 0.6 is 0 Å². The van der Waals surface area contributed by atoms with E-state index in [1.54, 1.807) is 30.3 Å². The Morgan fingerprint density at radius 2 is 1.95 bits per heavy atom. The number of carbonyl (C=O) groups excluding carboxylic acids is 1. The minimum Gasteiger partial charge on any atom is -0.381 e. The van der Waals surface area contributed by atoms with Crippen molar-refractivity contribution >= 4 is 11.6 Å². The van der Waals surface area contributed by atoms with Gasteiger partial charge < -0.3 is 10.6 Å². The highest BCUT2D eigenvalue weighted by atomic mass is 19.1. The Bertz CT molecular complexity index is 653. The summed E-state index contributed by atoms with van der Waals surface area (Å²) < 4.78 is 13.5. The molecule has 0 unspecified atom stereocenters. The number of hydrogen-bond donors (Lipinski definition) is 2. The molecule has 1 saturated carbocycles. The summed E-state index contributed by atoms with van der Waals surface area (Å²) in [6.45, 7) is 0.389. The maximum atomic E-state index is 13.5. The van der Waals surface area contributed by atoms with Gasteiger partial charge in [-0.15, -0.1) is 0 Å². The van der Waals surface area contributed by atoms with Crippen molar-refractivity contribution in [2.75, 3.05) is 5.32 Å². The second-order valence-corrected chi connectivity index (χ2v) is 5.27. The van der Waals surface area contributed by atoms with Crippen LogP contribution in [0.1, 0.15) is 28.8 Å². The standard InChI is InChI=1S/C17H17FN2O/c18-16-7-2-1-4-13(16)11-19-15-6-3-5-12(10-15)17(21)20-14-8-9-14/h1-7,10,14,19H,8-9,11H2,(H,20,21). The van der Waals surface area contributed by atoms with E-state index in [1.807, 2.05) is 12.1 Å². The molecule has 2 aromatic carbocycles. The van der Waals surface area contributed by atoms with Crippen molar-refractivity contribution in [1.82, 2.24) is 5.32 Å². The molecule has 1 aliphatic carbocycles. The van der Waals surface area contributed by atoms with Gasteiger partial charge >= 0.3 is 0 Å². The molecule has 108 valence electrons. The summed E-state index contributed by atoms with van der Waals surface area (Å²) in [5, 5.41) is 6.10. The highest BCUT2D eigenvalue weighted by Gasteiger charge is 2.23. The van der Waals surface area contributed by atoms with Gasteiger partial charge in [0.05, 0.1) is 0 Å². The minimum absolute atomic E-state index is 0.0490. The molecule has 0 heterocycles. The Morgan fingerprint density at radius 3 is 2.71 bits per heavy atom. The third kappa shape index (κ3) is 3.60. The molecular weight excluding hydrogens is 267 g/mol. The van der Waals surface area contributed by atoms with E-state index >= 15 is 0 Å². The van der Waals surface area contributed by atoms with Crippen LogP contribution in [-0.2, 0) is 6.54 Å². The lowest BCUT2D eigenvalue weighted by atomic mass is 10.1. The topological polar surface area (TPSA) is 41.1 Å². The highest BCUT2D eigenvalue weighted by molar-refractivity contribution is 5.95. The SMILES string of the molecule is O=C(NC1CC1)c1cccc(NCc2ccccc2F)c1. The number of halogens is 1. The van der Waals surface area contributed by atoms with Crippen molar-refractivity contribution < 1.29 is 9.18 Å². The summed E-state index contributed by atoms with van der Waals surface area (Å²) >= 11 is 0. The Balaban J connectivity index is 1.65. The van der Waals surface area contributed by atoms with Crippen LogP contribution in [0.15, 0.2) is 48.5 Å². The first-order chi connectivity index (χ1) is 10.2. The van der Waals surface area contributed by atoms with Crippen molar-refractivity contribution in [3.8, 4) is 0 Å². The van der Waals surface area contributed by atoms with E-state index in [4.69, 9.17) is 0 Å². The summed E-state index contributed by atoms with van der Waals surface area (Å²) in [5.41, 5.74) is 2.03. The maximum absolute atomic E-state index is 13.5. The van der Waals surface area contributed by atoms with Crippen LogP contribution in [0.25, 0.3) is 0 Å². The van der Waals surface area contributed by atoms with E-state index < -0.39 is 0 Å². The van der Waals surface area contributed by atoms with Gasteiger partial charge in [-0.25, -0.2) is 4.39 Å². The molecule has 0 aliphatic heterocycles. The molecule has 21 heavy (non-hydrogen) atoms. The number of hydrogen-bond acceptors (Lipinski definition) is 2. The summed E-state index contributed by atoms with van der Waals surface area (Å²) in [6, 6.07) is 14.3. The average Bonchev–Trinajstić information content (AvgIpc) is 3.31. The molecule has 0 spiro atoms. The maximum Gasteiger partial charge on any atom is 0.251 e. The first kappa shape index (κ1) is 13.6. The molecule has 0 bridgehead atoms. The molecule has 4 heteroatoms. The lowest BCUT2D eigenvalue weighted by molar-refractivity contribution is 0.0951. The lowest BCUT2D eigenvalue weighted by Gasteiger charge is -2.09. The van der Waals surface area contributed by atoms with Crippen molar-refractivity contribution in [2.45, 2.75) is 25.4 Å². The minimum atomic E-state index is -0.229. The molecule has 0 radical (unpaired) electrons. The Hall–Kier alpha value is -2.36. The Labute approximate surface area is 123 Å². The molecule has 2 N–H and O–H groups in total. The fourth-order valence-electron chi connectivity index (χ4n) is 2.11. The van der Waals surface area contributed by atoms with Crippen molar-refractivity contribution in [3.05, 3.63) is 65.5 Å². The zero-order chi connectivity index (χ0) is 14.7. The van der Waals surface area contributed by atoms with E-state index in [0.717, 1.165) is 18.5 Å². The molecule has 1 fully saturated rings. The molecule has 2 aromatic rings. The van der Waals surface area contributed by atoms with E-state index in [-0.39, 0.29) is 11.7 Å². The summed E-state index contributed by atoms with van der Waals surface area (Å²) in [6.07, 6.45) is 2.13. The van der Waals surface area contributed by atoms with Gasteiger partial charge in [0.15, 0.2) is 0 Å². The number of nitrogens with one attached hydrogen (secondary N) is 2. The first-order valence-electron chi connectivity index (χ1n) is 7.10. The summed E-state index contributed by atoms with van der Waals surface area (Å²) in [4.78, 5) is 12.0. The number of rotatable bonds is 5. The molecule has 3 nitrogen and oxygen atoms in total. The zero-order valence-corrected chi connectivity index (χ0v) is 11.6. The molecule has 0 aromatic heterocycles. The van der Waals surface area contributed by atoms with Gasteiger partial charge in [0.2, 0.25) is 0 Å². The molecule has 1 amide bonds. The van der Waals surface area contributed by atoms with Gasteiger partial charge in [0.1, 0.15) is 5.82 Å².